The highest BCUT2D eigenvalue weighted by molar-refractivity contribution is 5.46. The van der Waals surface area contributed by atoms with Crippen LogP contribution in [0, 0.1) is 18.6 Å². The largest absolute Gasteiger partial charge is 0.354 e. The van der Waals surface area contributed by atoms with Crippen molar-refractivity contribution in [2.24, 2.45) is 0 Å². The van der Waals surface area contributed by atoms with Gasteiger partial charge in [-0.05, 0) is 12.5 Å². The van der Waals surface area contributed by atoms with Gasteiger partial charge >= 0.3 is 0 Å². The molecule has 1 aromatic rings. The molecule has 0 saturated heterocycles. The van der Waals surface area contributed by atoms with Gasteiger partial charge in [0.05, 0.1) is 0 Å². The molecule has 4 heteroatoms. The molecule has 0 atom stereocenters. The summed E-state index contributed by atoms with van der Waals surface area (Å²) in [7, 11) is 0. The number of halogens is 2. The van der Waals surface area contributed by atoms with Gasteiger partial charge in [-0.25, -0.2) is 8.78 Å². The topological polar surface area (TPSA) is 29.1 Å². The summed E-state index contributed by atoms with van der Waals surface area (Å²) in [5.41, 5.74) is 0.405. The van der Waals surface area contributed by atoms with Crippen LogP contribution in [0.2, 0.25) is 0 Å². The summed E-state index contributed by atoms with van der Waals surface area (Å²) in [6, 6.07) is 2.92. The predicted octanol–water partition coefficient (Wildman–Crippen LogP) is 1.52. The molecule has 0 heterocycles. The second-order valence-electron chi connectivity index (χ2n) is 2.67. The van der Waals surface area contributed by atoms with Gasteiger partial charge in [-0.3, -0.25) is 4.79 Å². The van der Waals surface area contributed by atoms with Gasteiger partial charge in [0, 0.05) is 12.1 Å². The minimum atomic E-state index is -0.894. The number of aryl methyl sites for hydroxylation is 1. The van der Waals surface area contributed by atoms with E-state index in [0.717, 1.165) is 0 Å². The van der Waals surface area contributed by atoms with Crippen molar-refractivity contribution >= 4 is 6.41 Å². The molecule has 70 valence electrons. The van der Waals surface area contributed by atoms with Crippen molar-refractivity contribution in [1.29, 1.82) is 0 Å². The van der Waals surface area contributed by atoms with Gasteiger partial charge in [0.15, 0.2) is 11.6 Å². The minimum absolute atomic E-state index is 0.00648. The first kappa shape index (κ1) is 9.64. The summed E-state index contributed by atoms with van der Waals surface area (Å²) in [4.78, 5) is 9.91. The lowest BCUT2D eigenvalue weighted by atomic mass is 10.1. The van der Waals surface area contributed by atoms with E-state index in [0.29, 0.717) is 6.41 Å². The van der Waals surface area contributed by atoms with Crippen molar-refractivity contribution in [1.82, 2.24) is 5.32 Å². The number of hydrogen-bond donors (Lipinski definition) is 1. The Morgan fingerprint density at radius 2 is 2.08 bits per heavy atom. The van der Waals surface area contributed by atoms with E-state index in [1.54, 1.807) is 0 Å². The molecule has 0 aliphatic carbocycles. The van der Waals surface area contributed by atoms with Crippen LogP contribution in [0.25, 0.3) is 0 Å². The van der Waals surface area contributed by atoms with E-state index < -0.39 is 11.6 Å². The van der Waals surface area contributed by atoms with E-state index in [2.05, 4.69) is 5.32 Å². The third-order valence-electron chi connectivity index (χ3n) is 1.73. The fraction of sp³-hybridized carbons (Fsp3) is 0.222. The molecule has 0 fully saturated rings. The summed E-state index contributed by atoms with van der Waals surface area (Å²) < 4.78 is 26.0. The average molecular weight is 185 g/mol. The van der Waals surface area contributed by atoms with Gasteiger partial charge < -0.3 is 5.32 Å². The highest BCUT2D eigenvalue weighted by atomic mass is 19.2. The van der Waals surface area contributed by atoms with E-state index in [1.807, 2.05) is 0 Å². The van der Waals surface area contributed by atoms with Crippen LogP contribution in [-0.2, 0) is 11.3 Å². The molecule has 1 aromatic carbocycles. The SMILES string of the molecule is Cc1ccc(CNC=O)c(F)c1F. The van der Waals surface area contributed by atoms with Crippen LogP contribution in [-0.4, -0.2) is 6.41 Å². The number of benzene rings is 1. The Bertz CT molecular complexity index is 326. The summed E-state index contributed by atoms with van der Waals surface area (Å²) in [5.74, 6) is -1.75. The van der Waals surface area contributed by atoms with Gasteiger partial charge in [0.25, 0.3) is 0 Å². The maximum atomic E-state index is 13.1. The lowest BCUT2D eigenvalue weighted by Gasteiger charge is -2.04. The summed E-state index contributed by atoms with van der Waals surface area (Å²) in [5, 5.41) is 2.26. The van der Waals surface area contributed by atoms with Crippen molar-refractivity contribution in [2.45, 2.75) is 13.5 Å². The second kappa shape index (κ2) is 3.98. The molecule has 1 N–H and O–H groups in total. The number of rotatable bonds is 3. The van der Waals surface area contributed by atoms with Crippen LogP contribution in [0.5, 0.6) is 0 Å². The molecule has 1 rings (SSSR count). The zero-order valence-electron chi connectivity index (χ0n) is 7.10. The Hall–Kier alpha value is -1.45. The predicted molar refractivity (Wildman–Crippen MR) is 44.0 cm³/mol. The van der Waals surface area contributed by atoms with Gasteiger partial charge in [-0.2, -0.15) is 0 Å². The highest BCUT2D eigenvalue weighted by Gasteiger charge is 2.09. The summed E-state index contributed by atoms with van der Waals surface area (Å²) >= 11 is 0. The third-order valence-corrected chi connectivity index (χ3v) is 1.73. The first-order valence-electron chi connectivity index (χ1n) is 3.77. The van der Waals surface area contributed by atoms with Crippen LogP contribution in [0.1, 0.15) is 11.1 Å². The lowest BCUT2D eigenvalue weighted by Crippen LogP contribution is -2.12. The fourth-order valence-corrected chi connectivity index (χ4v) is 0.974. The van der Waals surface area contributed by atoms with E-state index in [-0.39, 0.29) is 17.7 Å². The maximum Gasteiger partial charge on any atom is 0.207 e. The Morgan fingerprint density at radius 3 is 2.69 bits per heavy atom. The highest BCUT2D eigenvalue weighted by Crippen LogP contribution is 2.14. The zero-order valence-corrected chi connectivity index (χ0v) is 7.10. The molecule has 0 aliphatic rings. The molecule has 0 aromatic heterocycles. The monoisotopic (exact) mass is 185 g/mol. The molecule has 2 nitrogen and oxygen atoms in total. The first-order chi connectivity index (χ1) is 6.16. The normalized spacial score (nSPS) is 9.77. The Kier molecular flexibility index (Phi) is 2.95. The summed E-state index contributed by atoms with van der Waals surface area (Å²) in [6.45, 7) is 1.49. The van der Waals surface area contributed by atoms with Crippen molar-refractivity contribution in [2.75, 3.05) is 0 Å². The smallest absolute Gasteiger partial charge is 0.207 e. The third kappa shape index (κ3) is 2.02. The average Bonchev–Trinajstić information content (AvgIpc) is 2.13. The van der Waals surface area contributed by atoms with Gasteiger partial charge in [-0.15, -0.1) is 0 Å². The zero-order chi connectivity index (χ0) is 9.84. The van der Waals surface area contributed by atoms with Crippen molar-refractivity contribution in [3.63, 3.8) is 0 Å². The van der Waals surface area contributed by atoms with Crippen molar-refractivity contribution in [3.05, 3.63) is 34.9 Å². The Balaban J connectivity index is 2.96. The number of hydrogen-bond acceptors (Lipinski definition) is 1. The van der Waals surface area contributed by atoms with Crippen molar-refractivity contribution < 1.29 is 13.6 Å². The molecular formula is C9H9F2NO. The van der Waals surface area contributed by atoms with Crippen LogP contribution < -0.4 is 5.32 Å². The Morgan fingerprint density at radius 1 is 1.38 bits per heavy atom. The van der Waals surface area contributed by atoms with E-state index in [9.17, 15) is 13.6 Å². The van der Waals surface area contributed by atoms with E-state index in [4.69, 9.17) is 0 Å². The van der Waals surface area contributed by atoms with Crippen LogP contribution in [0.3, 0.4) is 0 Å². The van der Waals surface area contributed by atoms with Crippen LogP contribution in [0.4, 0.5) is 8.78 Å². The second-order valence-corrected chi connectivity index (χ2v) is 2.67. The number of carbonyl (C=O) groups excluding carboxylic acids is 1. The van der Waals surface area contributed by atoms with Crippen molar-refractivity contribution in [3.8, 4) is 0 Å². The summed E-state index contributed by atoms with van der Waals surface area (Å²) in [6.07, 6.45) is 0.442. The van der Waals surface area contributed by atoms with Crippen LogP contribution in [0.15, 0.2) is 12.1 Å². The standard InChI is InChI=1S/C9H9F2NO/c1-6-2-3-7(4-12-5-13)9(11)8(6)10/h2-3,5H,4H2,1H3,(H,12,13). The molecule has 0 unspecified atom stereocenters. The minimum Gasteiger partial charge on any atom is -0.354 e. The first-order valence-corrected chi connectivity index (χ1v) is 3.77. The van der Waals surface area contributed by atoms with Gasteiger partial charge in [0.1, 0.15) is 0 Å². The number of nitrogens with one attached hydrogen (secondary N) is 1. The van der Waals surface area contributed by atoms with E-state index >= 15 is 0 Å². The van der Waals surface area contributed by atoms with Gasteiger partial charge in [0.2, 0.25) is 6.41 Å². The molecule has 0 aliphatic heterocycles. The molecule has 0 saturated carbocycles. The molecule has 1 amide bonds. The lowest BCUT2D eigenvalue weighted by molar-refractivity contribution is -0.109. The van der Waals surface area contributed by atoms with Crippen LogP contribution >= 0.6 is 0 Å². The maximum absolute atomic E-state index is 13.1. The molecule has 13 heavy (non-hydrogen) atoms. The number of amides is 1. The van der Waals surface area contributed by atoms with Gasteiger partial charge in [-0.1, -0.05) is 12.1 Å². The molecule has 0 bridgehead atoms. The fourth-order valence-electron chi connectivity index (χ4n) is 0.974. The molecule has 0 radical (unpaired) electrons. The quantitative estimate of drug-likeness (QED) is 0.711. The molecule has 0 spiro atoms. The molecular weight excluding hydrogens is 176 g/mol. The van der Waals surface area contributed by atoms with E-state index in [1.165, 1.54) is 19.1 Å². The number of carbonyl (C=O) groups is 1. The Labute approximate surface area is 74.6 Å².